The van der Waals surface area contributed by atoms with Crippen molar-refractivity contribution in [1.29, 1.82) is 0 Å². The molecular weight excluding hydrogens is 449 g/mol. The molecule has 1 aliphatic heterocycles. The highest BCUT2D eigenvalue weighted by atomic mass is 19.1. The SMILES string of the molecule is CNc1ccc(-c2cccc(F)c2)cc1C(=O)N1CCN(C(=O)COc2ccccc2)CC1C=O. The zero-order valence-electron chi connectivity index (χ0n) is 19.3. The van der Waals surface area contributed by atoms with E-state index in [2.05, 4.69) is 5.32 Å². The summed E-state index contributed by atoms with van der Waals surface area (Å²) in [5.74, 6) is -0.375. The molecule has 2 amide bonds. The Balaban J connectivity index is 1.49. The number of halogens is 1. The highest BCUT2D eigenvalue weighted by Crippen LogP contribution is 2.28. The zero-order valence-corrected chi connectivity index (χ0v) is 19.3. The van der Waals surface area contributed by atoms with Crippen molar-refractivity contribution >= 4 is 23.8 Å². The number of anilines is 1. The van der Waals surface area contributed by atoms with Gasteiger partial charge in [0.1, 0.15) is 23.9 Å². The van der Waals surface area contributed by atoms with E-state index in [9.17, 15) is 18.8 Å². The third-order valence-corrected chi connectivity index (χ3v) is 5.97. The van der Waals surface area contributed by atoms with Crippen LogP contribution in [0.2, 0.25) is 0 Å². The summed E-state index contributed by atoms with van der Waals surface area (Å²) in [6.45, 7) is 0.423. The molecule has 3 aromatic carbocycles. The second-order valence-corrected chi connectivity index (χ2v) is 8.16. The van der Waals surface area contributed by atoms with E-state index in [-0.39, 0.29) is 43.9 Å². The highest BCUT2D eigenvalue weighted by molar-refractivity contribution is 6.02. The Bertz CT molecular complexity index is 1220. The fourth-order valence-electron chi connectivity index (χ4n) is 4.10. The lowest BCUT2D eigenvalue weighted by atomic mass is 10.00. The van der Waals surface area contributed by atoms with Crippen LogP contribution >= 0.6 is 0 Å². The lowest BCUT2D eigenvalue weighted by molar-refractivity contribution is -0.136. The van der Waals surface area contributed by atoms with Crippen molar-refractivity contribution in [3.05, 3.63) is 84.2 Å². The number of nitrogens with one attached hydrogen (secondary N) is 1. The molecular formula is C27H26FN3O4. The van der Waals surface area contributed by atoms with E-state index in [1.807, 2.05) is 18.2 Å². The van der Waals surface area contributed by atoms with E-state index >= 15 is 0 Å². The maximum absolute atomic E-state index is 13.7. The molecule has 1 fully saturated rings. The first-order valence-electron chi connectivity index (χ1n) is 11.3. The summed E-state index contributed by atoms with van der Waals surface area (Å²) in [5.41, 5.74) is 2.28. The lowest BCUT2D eigenvalue weighted by Gasteiger charge is -2.39. The molecule has 0 aromatic heterocycles. The smallest absolute Gasteiger partial charge is 0.260 e. The van der Waals surface area contributed by atoms with Crippen LogP contribution in [-0.4, -0.2) is 67.2 Å². The molecule has 0 spiro atoms. The van der Waals surface area contributed by atoms with Crippen molar-refractivity contribution in [3.8, 4) is 16.9 Å². The van der Waals surface area contributed by atoms with Crippen LogP contribution in [0.4, 0.5) is 10.1 Å². The molecule has 3 aromatic rings. The van der Waals surface area contributed by atoms with Gasteiger partial charge in [-0.2, -0.15) is 0 Å². The molecule has 0 radical (unpaired) electrons. The van der Waals surface area contributed by atoms with Crippen LogP contribution in [0.1, 0.15) is 10.4 Å². The summed E-state index contributed by atoms with van der Waals surface area (Å²) in [6.07, 6.45) is 0.685. The van der Waals surface area contributed by atoms with Crippen LogP contribution in [0, 0.1) is 5.82 Å². The van der Waals surface area contributed by atoms with E-state index in [1.165, 1.54) is 21.9 Å². The summed E-state index contributed by atoms with van der Waals surface area (Å²) >= 11 is 0. The number of ether oxygens (including phenoxy) is 1. The average Bonchev–Trinajstić information content (AvgIpc) is 2.91. The molecule has 0 bridgehead atoms. The van der Waals surface area contributed by atoms with Crippen LogP contribution in [0.3, 0.4) is 0 Å². The van der Waals surface area contributed by atoms with Gasteiger partial charge >= 0.3 is 0 Å². The number of carbonyl (C=O) groups is 3. The summed E-state index contributed by atoms with van der Waals surface area (Å²) in [6, 6.07) is 19.6. The molecule has 1 heterocycles. The molecule has 1 atom stereocenters. The van der Waals surface area contributed by atoms with Crippen LogP contribution in [0.5, 0.6) is 5.75 Å². The van der Waals surface area contributed by atoms with Crippen LogP contribution in [-0.2, 0) is 9.59 Å². The van der Waals surface area contributed by atoms with Crippen molar-refractivity contribution in [2.45, 2.75) is 6.04 Å². The molecule has 4 rings (SSSR count). The molecule has 1 aliphatic rings. The fraction of sp³-hybridized carbons (Fsp3) is 0.222. The van der Waals surface area contributed by atoms with Gasteiger partial charge in [-0.3, -0.25) is 9.59 Å². The van der Waals surface area contributed by atoms with Gasteiger partial charge < -0.3 is 24.6 Å². The first-order valence-corrected chi connectivity index (χ1v) is 11.3. The number of hydrogen-bond donors (Lipinski definition) is 1. The first-order chi connectivity index (χ1) is 17.0. The molecule has 0 aliphatic carbocycles. The Morgan fingerprint density at radius 1 is 1.03 bits per heavy atom. The Morgan fingerprint density at radius 3 is 2.51 bits per heavy atom. The normalized spacial score (nSPS) is 15.4. The predicted molar refractivity (Wildman–Crippen MR) is 131 cm³/mol. The lowest BCUT2D eigenvalue weighted by Crippen LogP contribution is -2.57. The number of benzene rings is 3. The number of nitrogens with zero attached hydrogens (tertiary/aromatic N) is 2. The van der Waals surface area contributed by atoms with Crippen LogP contribution in [0.25, 0.3) is 11.1 Å². The monoisotopic (exact) mass is 475 g/mol. The maximum atomic E-state index is 13.7. The van der Waals surface area contributed by atoms with E-state index < -0.39 is 6.04 Å². The third-order valence-electron chi connectivity index (χ3n) is 5.97. The van der Waals surface area contributed by atoms with Gasteiger partial charge in [0.05, 0.1) is 5.56 Å². The Hall–Kier alpha value is -4.20. The molecule has 7 nitrogen and oxygen atoms in total. The number of hydrogen-bond acceptors (Lipinski definition) is 5. The third kappa shape index (κ3) is 5.48. The highest BCUT2D eigenvalue weighted by Gasteiger charge is 2.33. The van der Waals surface area contributed by atoms with Gasteiger partial charge in [-0.1, -0.05) is 36.4 Å². The van der Waals surface area contributed by atoms with E-state index in [0.717, 1.165) is 0 Å². The van der Waals surface area contributed by atoms with Crippen molar-refractivity contribution in [2.24, 2.45) is 0 Å². The second kappa shape index (κ2) is 10.8. The van der Waals surface area contributed by atoms with Gasteiger partial charge in [0.25, 0.3) is 11.8 Å². The van der Waals surface area contributed by atoms with Gasteiger partial charge in [0.2, 0.25) is 0 Å². The minimum absolute atomic E-state index is 0.0880. The predicted octanol–water partition coefficient (Wildman–Crippen LogP) is 3.47. The summed E-state index contributed by atoms with van der Waals surface area (Å²) < 4.78 is 19.3. The first kappa shape index (κ1) is 23.9. The summed E-state index contributed by atoms with van der Waals surface area (Å²) in [5, 5.41) is 3.01. The van der Waals surface area contributed by atoms with Gasteiger partial charge in [0, 0.05) is 32.4 Å². The van der Waals surface area contributed by atoms with Crippen molar-refractivity contribution in [1.82, 2.24) is 9.80 Å². The van der Waals surface area contributed by atoms with Crippen LogP contribution < -0.4 is 10.1 Å². The molecule has 0 saturated carbocycles. The van der Waals surface area contributed by atoms with Crippen molar-refractivity contribution < 1.29 is 23.5 Å². The standard InChI is InChI=1S/C27H26FN3O4/c1-29-25-11-10-20(19-6-5-7-21(28)14-19)15-24(25)27(34)31-13-12-30(16-22(31)17-32)26(33)18-35-23-8-3-2-4-9-23/h2-11,14-15,17,22,29H,12-13,16,18H2,1H3. The zero-order chi connectivity index (χ0) is 24.8. The average molecular weight is 476 g/mol. The van der Waals surface area contributed by atoms with Gasteiger partial charge in [-0.15, -0.1) is 0 Å². The Morgan fingerprint density at radius 2 is 1.80 bits per heavy atom. The quantitative estimate of drug-likeness (QED) is 0.530. The van der Waals surface area contributed by atoms with E-state index in [4.69, 9.17) is 4.74 Å². The number of para-hydroxylation sites is 1. The van der Waals surface area contributed by atoms with Crippen molar-refractivity contribution in [3.63, 3.8) is 0 Å². The van der Waals surface area contributed by atoms with Gasteiger partial charge in [0.15, 0.2) is 6.61 Å². The van der Waals surface area contributed by atoms with Gasteiger partial charge in [-0.25, -0.2) is 4.39 Å². The van der Waals surface area contributed by atoms with E-state index in [1.54, 1.807) is 49.5 Å². The molecule has 1 N–H and O–H groups in total. The number of carbonyl (C=O) groups excluding carboxylic acids is 3. The van der Waals surface area contributed by atoms with Gasteiger partial charge in [-0.05, 0) is 47.5 Å². The van der Waals surface area contributed by atoms with Crippen LogP contribution in [0.15, 0.2) is 72.8 Å². The minimum Gasteiger partial charge on any atom is -0.484 e. The summed E-state index contributed by atoms with van der Waals surface area (Å²) in [4.78, 5) is 41.1. The molecule has 1 saturated heterocycles. The number of rotatable bonds is 7. The second-order valence-electron chi connectivity index (χ2n) is 8.16. The fourth-order valence-corrected chi connectivity index (χ4v) is 4.10. The number of piperazine rings is 1. The number of aldehydes is 1. The maximum Gasteiger partial charge on any atom is 0.260 e. The largest absolute Gasteiger partial charge is 0.484 e. The molecule has 180 valence electrons. The Labute approximate surface area is 203 Å². The topological polar surface area (TPSA) is 79.0 Å². The molecule has 1 unspecified atom stereocenters. The molecule has 8 heteroatoms. The van der Waals surface area contributed by atoms with E-state index in [0.29, 0.717) is 34.4 Å². The number of amides is 2. The minimum atomic E-state index is -0.792. The van der Waals surface area contributed by atoms with Crippen molar-refractivity contribution in [2.75, 3.05) is 38.6 Å². The summed E-state index contributed by atoms with van der Waals surface area (Å²) in [7, 11) is 1.70. The Kier molecular flexibility index (Phi) is 7.40. The molecule has 35 heavy (non-hydrogen) atoms.